The van der Waals surface area contributed by atoms with E-state index in [4.69, 9.17) is 19.2 Å². The summed E-state index contributed by atoms with van der Waals surface area (Å²) in [7, 11) is 0. The molecule has 2 heterocycles. The number of aromatic nitrogens is 3. The average Bonchev–Trinajstić information content (AvgIpc) is 3.32. The highest BCUT2D eigenvalue weighted by Crippen LogP contribution is 2.31. The molecule has 8 nitrogen and oxygen atoms in total. The molecule has 36 heavy (non-hydrogen) atoms. The fourth-order valence-corrected chi connectivity index (χ4v) is 3.71. The molecule has 3 aromatic carbocycles. The van der Waals surface area contributed by atoms with Crippen LogP contribution in [0.3, 0.4) is 0 Å². The van der Waals surface area contributed by atoms with Crippen molar-refractivity contribution >= 4 is 28.7 Å². The Labute approximate surface area is 207 Å². The summed E-state index contributed by atoms with van der Waals surface area (Å²) in [6.07, 6.45) is -1.04. The number of benzene rings is 3. The van der Waals surface area contributed by atoms with Crippen LogP contribution in [0.25, 0.3) is 33.5 Å². The Morgan fingerprint density at radius 2 is 1.44 bits per heavy atom. The van der Waals surface area contributed by atoms with Gasteiger partial charge in [0.15, 0.2) is 11.9 Å². The molecule has 0 radical (unpaired) electrons. The third-order valence-corrected chi connectivity index (χ3v) is 5.53. The van der Waals surface area contributed by atoms with Crippen molar-refractivity contribution in [2.24, 2.45) is 0 Å². The number of fused-ring (bicyclic) bond motifs is 1. The zero-order valence-corrected chi connectivity index (χ0v) is 19.6. The number of aryl methyl sites for hydroxylation is 1. The van der Waals surface area contributed by atoms with Gasteiger partial charge in [0.1, 0.15) is 5.76 Å². The van der Waals surface area contributed by atoms with Crippen LogP contribution in [-0.2, 0) is 9.53 Å². The van der Waals surface area contributed by atoms with Crippen molar-refractivity contribution < 1.29 is 18.8 Å². The van der Waals surface area contributed by atoms with E-state index in [2.05, 4.69) is 10.5 Å². The van der Waals surface area contributed by atoms with Crippen molar-refractivity contribution in [2.45, 2.75) is 20.0 Å². The molecule has 1 atom stereocenters. The van der Waals surface area contributed by atoms with Gasteiger partial charge in [0.05, 0.1) is 28.0 Å². The monoisotopic (exact) mass is 478 g/mol. The number of anilines is 1. The van der Waals surface area contributed by atoms with Gasteiger partial charge in [-0.1, -0.05) is 65.8 Å². The summed E-state index contributed by atoms with van der Waals surface area (Å²) in [5, 5.41) is 6.26. The molecule has 0 aliphatic heterocycles. The van der Waals surface area contributed by atoms with Gasteiger partial charge in [-0.15, -0.1) is 0 Å². The number of nitrogens with zero attached hydrogens (tertiary/aromatic N) is 3. The Bertz CT molecular complexity index is 1550. The minimum atomic E-state index is -1.04. The Morgan fingerprint density at radius 3 is 2.03 bits per heavy atom. The van der Waals surface area contributed by atoms with E-state index >= 15 is 0 Å². The summed E-state index contributed by atoms with van der Waals surface area (Å²) in [5.74, 6) is -0.358. The van der Waals surface area contributed by atoms with Gasteiger partial charge in [-0.2, -0.15) is 0 Å². The van der Waals surface area contributed by atoms with Crippen LogP contribution in [0.1, 0.15) is 23.0 Å². The molecule has 0 aliphatic carbocycles. The smallest absolute Gasteiger partial charge is 0.338 e. The van der Waals surface area contributed by atoms with Gasteiger partial charge in [0.2, 0.25) is 0 Å². The number of hydrogen-bond donors (Lipinski definition) is 1. The molecule has 178 valence electrons. The van der Waals surface area contributed by atoms with Crippen LogP contribution in [0.5, 0.6) is 0 Å². The molecule has 0 aliphatic rings. The fraction of sp³-hybridized carbons (Fsp3) is 0.107. The quantitative estimate of drug-likeness (QED) is 0.324. The molecule has 0 spiro atoms. The van der Waals surface area contributed by atoms with Crippen LogP contribution in [0.4, 0.5) is 5.82 Å². The van der Waals surface area contributed by atoms with Crippen molar-refractivity contribution in [1.82, 2.24) is 15.1 Å². The molecule has 8 heteroatoms. The molecule has 1 amide bonds. The van der Waals surface area contributed by atoms with Gasteiger partial charge in [-0.05, 0) is 32.0 Å². The first-order valence-electron chi connectivity index (χ1n) is 11.4. The van der Waals surface area contributed by atoms with Gasteiger partial charge >= 0.3 is 5.97 Å². The van der Waals surface area contributed by atoms with E-state index in [0.717, 1.165) is 16.8 Å². The summed E-state index contributed by atoms with van der Waals surface area (Å²) in [5.41, 5.74) is 4.74. The normalized spacial score (nSPS) is 11.7. The highest BCUT2D eigenvalue weighted by Gasteiger charge is 2.21. The predicted octanol–water partition coefficient (Wildman–Crippen LogP) is 5.44. The van der Waals surface area contributed by atoms with Crippen LogP contribution >= 0.6 is 0 Å². The number of nitrogens with one attached hydrogen (secondary N) is 1. The lowest BCUT2D eigenvalue weighted by molar-refractivity contribution is -0.123. The standard InChI is InChI=1S/C28H22N4O4/c1-17-15-24(32-36-17)31-27(33)18(2)35-28(34)21-13-14-22-23(16-21)30-26(20-11-7-4-8-12-20)25(29-22)19-9-5-3-6-10-19/h3-16,18H,1-2H3,(H,31,32,33). The minimum absolute atomic E-state index is 0.254. The van der Waals surface area contributed by atoms with Gasteiger partial charge in [-0.3, -0.25) is 4.79 Å². The molecular weight excluding hydrogens is 456 g/mol. The number of carbonyl (C=O) groups excluding carboxylic acids is 2. The Kier molecular flexibility index (Phi) is 6.23. The highest BCUT2D eigenvalue weighted by molar-refractivity contribution is 5.98. The van der Waals surface area contributed by atoms with Crippen molar-refractivity contribution in [3.63, 3.8) is 0 Å². The van der Waals surface area contributed by atoms with Crippen molar-refractivity contribution in [3.8, 4) is 22.5 Å². The summed E-state index contributed by atoms with van der Waals surface area (Å²) in [6, 6.07) is 26.1. The van der Waals surface area contributed by atoms with Crippen molar-refractivity contribution in [1.29, 1.82) is 0 Å². The minimum Gasteiger partial charge on any atom is -0.449 e. The largest absolute Gasteiger partial charge is 0.449 e. The maximum Gasteiger partial charge on any atom is 0.338 e. The predicted molar refractivity (Wildman–Crippen MR) is 135 cm³/mol. The molecule has 0 saturated carbocycles. The number of carbonyl (C=O) groups is 2. The number of rotatable bonds is 6. The maximum atomic E-state index is 12.8. The molecule has 1 unspecified atom stereocenters. The lowest BCUT2D eigenvalue weighted by Gasteiger charge is -2.13. The van der Waals surface area contributed by atoms with E-state index in [1.165, 1.54) is 6.92 Å². The first-order chi connectivity index (χ1) is 17.5. The lowest BCUT2D eigenvalue weighted by Crippen LogP contribution is -2.30. The van der Waals surface area contributed by atoms with Gasteiger partial charge in [-0.25, -0.2) is 14.8 Å². The SMILES string of the molecule is Cc1cc(NC(=O)C(C)OC(=O)c2ccc3nc(-c4ccccc4)c(-c4ccccc4)nc3c2)no1. The van der Waals surface area contributed by atoms with E-state index in [0.29, 0.717) is 22.5 Å². The molecular formula is C28H22N4O4. The van der Waals surface area contributed by atoms with E-state index < -0.39 is 18.0 Å². The van der Waals surface area contributed by atoms with Crippen LogP contribution in [0.15, 0.2) is 89.5 Å². The summed E-state index contributed by atoms with van der Waals surface area (Å²) < 4.78 is 10.3. The Balaban J connectivity index is 1.44. The number of hydrogen-bond acceptors (Lipinski definition) is 7. The Morgan fingerprint density at radius 1 is 0.833 bits per heavy atom. The van der Waals surface area contributed by atoms with Crippen molar-refractivity contribution in [2.75, 3.05) is 5.32 Å². The van der Waals surface area contributed by atoms with Gasteiger partial charge in [0, 0.05) is 17.2 Å². The maximum absolute atomic E-state index is 12.8. The second-order valence-electron chi connectivity index (χ2n) is 8.22. The van der Waals surface area contributed by atoms with Crippen LogP contribution in [0, 0.1) is 6.92 Å². The average molecular weight is 479 g/mol. The Hall–Kier alpha value is -4.85. The number of amides is 1. The molecule has 0 saturated heterocycles. The molecule has 2 aromatic heterocycles. The van der Waals surface area contributed by atoms with Crippen LogP contribution < -0.4 is 5.32 Å². The second kappa shape index (κ2) is 9.79. The van der Waals surface area contributed by atoms with Gasteiger partial charge < -0.3 is 14.6 Å². The zero-order chi connectivity index (χ0) is 25.1. The van der Waals surface area contributed by atoms with Crippen LogP contribution in [0.2, 0.25) is 0 Å². The van der Waals surface area contributed by atoms with E-state index in [1.807, 2.05) is 60.7 Å². The fourth-order valence-electron chi connectivity index (χ4n) is 3.71. The highest BCUT2D eigenvalue weighted by atomic mass is 16.5. The molecule has 0 fully saturated rings. The first kappa shape index (κ1) is 22.9. The summed E-state index contributed by atoms with van der Waals surface area (Å²) in [4.78, 5) is 34.9. The van der Waals surface area contributed by atoms with Gasteiger partial charge in [0.25, 0.3) is 5.91 Å². The second-order valence-corrected chi connectivity index (χ2v) is 8.22. The van der Waals surface area contributed by atoms with E-state index in [-0.39, 0.29) is 11.4 Å². The molecule has 1 N–H and O–H groups in total. The lowest BCUT2D eigenvalue weighted by atomic mass is 10.0. The molecule has 5 aromatic rings. The van der Waals surface area contributed by atoms with Crippen LogP contribution in [-0.4, -0.2) is 33.1 Å². The third kappa shape index (κ3) is 4.83. The summed E-state index contributed by atoms with van der Waals surface area (Å²) >= 11 is 0. The first-order valence-corrected chi connectivity index (χ1v) is 11.4. The molecule has 5 rings (SSSR count). The molecule has 0 bridgehead atoms. The number of esters is 1. The zero-order valence-electron chi connectivity index (χ0n) is 19.6. The van der Waals surface area contributed by atoms with E-state index in [9.17, 15) is 9.59 Å². The third-order valence-electron chi connectivity index (χ3n) is 5.53. The van der Waals surface area contributed by atoms with Crippen molar-refractivity contribution in [3.05, 3.63) is 96.3 Å². The number of ether oxygens (including phenoxy) is 1. The topological polar surface area (TPSA) is 107 Å². The van der Waals surface area contributed by atoms with E-state index in [1.54, 1.807) is 31.2 Å². The summed E-state index contributed by atoms with van der Waals surface area (Å²) in [6.45, 7) is 3.20.